The van der Waals surface area contributed by atoms with E-state index in [0.717, 1.165) is 18.7 Å². The molecule has 0 unspecified atom stereocenters. The first-order valence-corrected chi connectivity index (χ1v) is 8.14. The van der Waals surface area contributed by atoms with Crippen molar-refractivity contribution in [3.63, 3.8) is 0 Å². The van der Waals surface area contributed by atoms with Crippen molar-refractivity contribution in [3.8, 4) is 0 Å². The summed E-state index contributed by atoms with van der Waals surface area (Å²) >= 11 is 0. The average molecular weight is 353 g/mol. The Hall–Kier alpha value is -2.19. The predicted octanol–water partition coefficient (Wildman–Crippen LogP) is 1.01. The van der Waals surface area contributed by atoms with Gasteiger partial charge in [0.2, 0.25) is 5.91 Å². The molecule has 8 heteroatoms. The second-order valence-electron chi connectivity index (χ2n) is 5.85. The van der Waals surface area contributed by atoms with Crippen LogP contribution >= 0.6 is 0 Å². The second-order valence-corrected chi connectivity index (χ2v) is 5.85. The Labute approximate surface area is 146 Å². The van der Waals surface area contributed by atoms with Crippen molar-refractivity contribution < 1.29 is 23.5 Å². The van der Waals surface area contributed by atoms with Gasteiger partial charge < -0.3 is 19.7 Å². The number of carbonyl (C=O) groups excluding carboxylic acids is 2. The summed E-state index contributed by atoms with van der Waals surface area (Å²) < 4.78 is 23.1. The third-order valence-corrected chi connectivity index (χ3v) is 4.10. The van der Waals surface area contributed by atoms with E-state index >= 15 is 0 Å². The van der Waals surface area contributed by atoms with Crippen molar-refractivity contribution in [1.29, 1.82) is 0 Å². The minimum atomic E-state index is -0.571. The average Bonchev–Trinajstić information content (AvgIpc) is 2.63. The van der Waals surface area contributed by atoms with Crippen LogP contribution in [0.4, 0.5) is 9.18 Å². The zero-order chi connectivity index (χ0) is 18.2. The van der Waals surface area contributed by atoms with Gasteiger partial charge in [-0.2, -0.15) is 0 Å². The van der Waals surface area contributed by atoms with Gasteiger partial charge in [0, 0.05) is 26.7 Å². The molecule has 0 saturated carbocycles. The van der Waals surface area contributed by atoms with Crippen LogP contribution in [0.5, 0.6) is 0 Å². The number of nitrogens with zero attached hydrogens (tertiary/aromatic N) is 2. The van der Waals surface area contributed by atoms with Crippen molar-refractivity contribution in [2.45, 2.75) is 6.04 Å². The zero-order valence-electron chi connectivity index (χ0n) is 14.5. The van der Waals surface area contributed by atoms with Gasteiger partial charge in [0.25, 0.3) is 0 Å². The van der Waals surface area contributed by atoms with E-state index in [0.29, 0.717) is 19.8 Å². The van der Waals surface area contributed by atoms with Crippen LogP contribution in [0.15, 0.2) is 24.3 Å². The lowest BCUT2D eigenvalue weighted by atomic mass is 10.0. The number of ether oxygens (including phenoxy) is 2. The van der Waals surface area contributed by atoms with Gasteiger partial charge in [0.15, 0.2) is 0 Å². The van der Waals surface area contributed by atoms with Crippen LogP contribution in [0.25, 0.3) is 0 Å². The summed E-state index contributed by atoms with van der Waals surface area (Å²) in [5, 5.41) is 2.84. The normalized spacial score (nSPS) is 16.1. The van der Waals surface area contributed by atoms with Crippen molar-refractivity contribution in [2.75, 3.05) is 53.6 Å². The van der Waals surface area contributed by atoms with Crippen molar-refractivity contribution in [3.05, 3.63) is 35.6 Å². The van der Waals surface area contributed by atoms with Gasteiger partial charge in [-0.05, 0) is 17.7 Å². The highest BCUT2D eigenvalue weighted by Gasteiger charge is 2.23. The number of halogens is 1. The number of amides is 2. The highest BCUT2D eigenvalue weighted by atomic mass is 19.1. The molecule has 1 aliphatic heterocycles. The second kappa shape index (κ2) is 9.33. The Morgan fingerprint density at radius 1 is 1.32 bits per heavy atom. The molecule has 25 heavy (non-hydrogen) atoms. The van der Waals surface area contributed by atoms with Gasteiger partial charge in [-0.25, -0.2) is 9.18 Å². The molecule has 1 fully saturated rings. The molecule has 0 aliphatic carbocycles. The number of hydrogen-bond donors (Lipinski definition) is 1. The third kappa shape index (κ3) is 5.68. The van der Waals surface area contributed by atoms with E-state index in [1.807, 2.05) is 0 Å². The molecule has 1 saturated heterocycles. The maximum Gasteiger partial charge on any atom is 0.409 e. The lowest BCUT2D eigenvalue weighted by Gasteiger charge is -2.35. The first-order chi connectivity index (χ1) is 12.0. The number of rotatable bonds is 6. The smallest absolute Gasteiger partial charge is 0.409 e. The number of hydrogen-bond acceptors (Lipinski definition) is 5. The number of carbonyl (C=O) groups is 2. The molecule has 0 radical (unpaired) electrons. The van der Waals surface area contributed by atoms with Crippen LogP contribution in [0.1, 0.15) is 11.6 Å². The first kappa shape index (κ1) is 19.1. The van der Waals surface area contributed by atoms with Gasteiger partial charge in [-0.1, -0.05) is 12.1 Å². The molecular weight excluding hydrogens is 329 g/mol. The molecule has 138 valence electrons. The number of methoxy groups -OCH3 is 1. The summed E-state index contributed by atoms with van der Waals surface area (Å²) in [5.74, 6) is -0.582. The molecule has 7 nitrogen and oxygen atoms in total. The van der Waals surface area contributed by atoms with Crippen LogP contribution in [-0.2, 0) is 14.3 Å². The van der Waals surface area contributed by atoms with Gasteiger partial charge in [0.1, 0.15) is 12.4 Å². The molecule has 0 aromatic heterocycles. The highest BCUT2D eigenvalue weighted by Crippen LogP contribution is 2.21. The fraction of sp³-hybridized carbons (Fsp3) is 0.529. The monoisotopic (exact) mass is 353 g/mol. The summed E-state index contributed by atoms with van der Waals surface area (Å²) in [6, 6.07) is 6.19. The van der Waals surface area contributed by atoms with Gasteiger partial charge in [-0.3, -0.25) is 9.69 Å². The molecule has 1 aromatic carbocycles. The number of nitrogens with one attached hydrogen (secondary N) is 1. The Balaban J connectivity index is 1.99. The molecule has 1 heterocycles. The third-order valence-electron chi connectivity index (χ3n) is 4.10. The fourth-order valence-electron chi connectivity index (χ4n) is 2.73. The summed E-state index contributed by atoms with van der Waals surface area (Å²) in [7, 11) is 2.75. The molecule has 1 aliphatic rings. The van der Waals surface area contributed by atoms with Crippen LogP contribution in [-0.4, -0.2) is 75.4 Å². The fourth-order valence-corrected chi connectivity index (χ4v) is 2.73. The van der Waals surface area contributed by atoms with E-state index in [1.54, 1.807) is 12.1 Å². The minimum Gasteiger partial charge on any atom is -0.453 e. The molecule has 1 atom stereocenters. The zero-order valence-corrected chi connectivity index (χ0v) is 14.5. The maximum atomic E-state index is 13.2. The number of benzene rings is 1. The molecule has 1 aromatic rings. The van der Waals surface area contributed by atoms with E-state index in [1.165, 1.54) is 31.2 Å². The van der Waals surface area contributed by atoms with E-state index in [-0.39, 0.29) is 24.3 Å². The van der Waals surface area contributed by atoms with Crippen molar-refractivity contribution in [2.24, 2.45) is 0 Å². The molecule has 2 rings (SSSR count). The molecule has 0 spiro atoms. The largest absolute Gasteiger partial charge is 0.453 e. The Morgan fingerprint density at radius 2 is 1.96 bits per heavy atom. The van der Waals surface area contributed by atoms with Crippen LogP contribution in [0.3, 0.4) is 0 Å². The van der Waals surface area contributed by atoms with Crippen LogP contribution < -0.4 is 5.32 Å². The Kier molecular flexibility index (Phi) is 7.15. The topological polar surface area (TPSA) is 71.1 Å². The van der Waals surface area contributed by atoms with Crippen molar-refractivity contribution in [1.82, 2.24) is 15.1 Å². The van der Waals surface area contributed by atoms with Crippen LogP contribution in [0, 0.1) is 5.82 Å². The van der Waals surface area contributed by atoms with Gasteiger partial charge in [0.05, 0.1) is 26.4 Å². The summed E-state index contributed by atoms with van der Waals surface area (Å²) in [4.78, 5) is 26.8. The Bertz CT molecular complexity index is 576. The van der Waals surface area contributed by atoms with Crippen LogP contribution in [0.2, 0.25) is 0 Å². The molecule has 0 bridgehead atoms. The lowest BCUT2D eigenvalue weighted by molar-refractivity contribution is -0.122. The number of likely N-dealkylation sites (N-methyl/N-ethyl adjacent to an activating group) is 1. The van der Waals surface area contributed by atoms with E-state index in [4.69, 9.17) is 4.74 Å². The van der Waals surface area contributed by atoms with Crippen molar-refractivity contribution >= 4 is 12.0 Å². The number of morpholine rings is 1. The summed E-state index contributed by atoms with van der Waals surface area (Å²) in [6.07, 6.45) is -0.571. The summed E-state index contributed by atoms with van der Waals surface area (Å²) in [5.41, 5.74) is 0.921. The predicted molar refractivity (Wildman–Crippen MR) is 89.6 cm³/mol. The highest BCUT2D eigenvalue weighted by molar-refractivity contribution is 5.82. The standard InChI is InChI=1S/C17H24FN3O4/c1-20(17(23)24-2)12-16(22)19-11-15(21-7-9-25-10-8-21)13-3-5-14(18)6-4-13/h3-6,15H,7-12H2,1-2H3,(H,19,22)/t15-/m0/s1. The molecule has 2 amide bonds. The van der Waals surface area contributed by atoms with E-state index in [2.05, 4.69) is 15.0 Å². The summed E-state index contributed by atoms with van der Waals surface area (Å²) in [6.45, 7) is 2.98. The first-order valence-electron chi connectivity index (χ1n) is 8.14. The minimum absolute atomic E-state index is 0.0862. The van der Waals surface area contributed by atoms with Gasteiger partial charge in [-0.15, -0.1) is 0 Å². The van der Waals surface area contributed by atoms with E-state index < -0.39 is 6.09 Å². The SMILES string of the molecule is COC(=O)N(C)CC(=O)NC[C@@H](c1ccc(F)cc1)N1CCOCC1. The maximum absolute atomic E-state index is 13.2. The molecule has 1 N–H and O–H groups in total. The quantitative estimate of drug-likeness (QED) is 0.827. The molecular formula is C17H24FN3O4. The Morgan fingerprint density at radius 3 is 2.56 bits per heavy atom. The van der Waals surface area contributed by atoms with E-state index in [9.17, 15) is 14.0 Å². The van der Waals surface area contributed by atoms with Gasteiger partial charge >= 0.3 is 6.09 Å². The lowest BCUT2D eigenvalue weighted by Crippen LogP contribution is -2.45.